The summed E-state index contributed by atoms with van der Waals surface area (Å²) in [7, 11) is 0. The summed E-state index contributed by atoms with van der Waals surface area (Å²) in [6.07, 6.45) is -4.42. The minimum Gasteiger partial charge on any atom is -0.477 e. The first-order valence-electron chi connectivity index (χ1n) is 3.45. The molecular weight excluding hydrogens is 222 g/mol. The molecule has 0 aromatic carbocycles. The van der Waals surface area contributed by atoms with Gasteiger partial charge in [-0.05, 0) is 6.07 Å². The molecule has 0 radical (unpaired) electrons. The van der Waals surface area contributed by atoms with E-state index in [9.17, 15) is 22.4 Å². The lowest BCUT2D eigenvalue weighted by Gasteiger charge is -2.10. The van der Waals surface area contributed by atoms with Crippen LogP contribution in [0.15, 0.2) is 12.3 Å². The van der Waals surface area contributed by atoms with Crippen molar-refractivity contribution >= 4 is 5.97 Å². The first kappa shape index (κ1) is 11.2. The molecule has 0 atom stereocenters. The highest BCUT2D eigenvalue weighted by molar-refractivity contribution is 5.90. The topological polar surface area (TPSA) is 59.4 Å². The van der Waals surface area contributed by atoms with Crippen LogP contribution >= 0.6 is 0 Å². The second-order valence-corrected chi connectivity index (χ2v) is 2.33. The molecule has 0 fully saturated rings. The highest BCUT2D eigenvalue weighted by atomic mass is 19.4. The number of carbonyl (C=O) groups is 1. The quantitative estimate of drug-likeness (QED) is 0.616. The Bertz CT molecular complexity index is 390. The summed E-state index contributed by atoms with van der Waals surface area (Å²) in [5, 5.41) is 8.42. The van der Waals surface area contributed by atoms with Crippen LogP contribution in [0.4, 0.5) is 17.6 Å². The summed E-state index contributed by atoms with van der Waals surface area (Å²) < 4.78 is 51.3. The van der Waals surface area contributed by atoms with Crippen LogP contribution in [-0.4, -0.2) is 22.4 Å². The molecule has 0 saturated carbocycles. The number of ether oxygens (including phenoxy) is 1. The van der Waals surface area contributed by atoms with Gasteiger partial charge < -0.3 is 9.84 Å². The number of nitrogens with zero attached hydrogens (tertiary/aromatic N) is 1. The number of hydrogen-bond donors (Lipinski definition) is 1. The average Bonchev–Trinajstić information content (AvgIpc) is 1.99. The molecule has 82 valence electrons. The number of hydrogen-bond acceptors (Lipinski definition) is 3. The van der Waals surface area contributed by atoms with Crippen LogP contribution in [0.2, 0.25) is 0 Å². The van der Waals surface area contributed by atoms with Gasteiger partial charge in [-0.25, -0.2) is 9.78 Å². The van der Waals surface area contributed by atoms with Gasteiger partial charge in [0.2, 0.25) is 5.95 Å². The Hall–Kier alpha value is -1.86. The lowest BCUT2D eigenvalue weighted by atomic mass is 10.2. The Balaban J connectivity index is 3.18. The van der Waals surface area contributed by atoms with Crippen molar-refractivity contribution in [2.24, 2.45) is 0 Å². The Labute approximate surface area is 80.1 Å². The molecule has 1 heterocycles. The van der Waals surface area contributed by atoms with E-state index in [0.29, 0.717) is 12.3 Å². The monoisotopic (exact) mass is 225 g/mol. The van der Waals surface area contributed by atoms with Crippen molar-refractivity contribution in [3.8, 4) is 5.75 Å². The smallest absolute Gasteiger partial charge is 0.477 e. The first-order valence-corrected chi connectivity index (χ1v) is 3.45. The Morgan fingerprint density at radius 1 is 1.47 bits per heavy atom. The second-order valence-electron chi connectivity index (χ2n) is 2.33. The van der Waals surface area contributed by atoms with Gasteiger partial charge in [-0.3, -0.25) is 0 Å². The Morgan fingerprint density at radius 2 is 2.07 bits per heavy atom. The predicted molar refractivity (Wildman–Crippen MR) is 37.8 cm³/mol. The van der Waals surface area contributed by atoms with Crippen molar-refractivity contribution < 1.29 is 32.2 Å². The molecule has 0 bridgehead atoms. The Kier molecular flexibility index (Phi) is 2.78. The maximum atomic E-state index is 12.7. The highest BCUT2D eigenvalue weighted by Gasteiger charge is 2.34. The molecule has 1 rings (SSSR count). The van der Waals surface area contributed by atoms with Crippen LogP contribution in [0, 0.1) is 5.95 Å². The van der Waals surface area contributed by atoms with Crippen molar-refractivity contribution in [1.82, 2.24) is 4.98 Å². The number of pyridine rings is 1. The average molecular weight is 225 g/mol. The second kappa shape index (κ2) is 3.71. The van der Waals surface area contributed by atoms with Crippen LogP contribution in [-0.2, 0) is 0 Å². The molecule has 1 N–H and O–H groups in total. The number of aromatic carboxylic acids is 1. The van der Waals surface area contributed by atoms with Crippen molar-refractivity contribution in [2.45, 2.75) is 6.36 Å². The van der Waals surface area contributed by atoms with Gasteiger partial charge in [-0.2, -0.15) is 4.39 Å². The molecule has 4 nitrogen and oxygen atoms in total. The van der Waals surface area contributed by atoms with Gasteiger partial charge >= 0.3 is 12.3 Å². The molecule has 1 aromatic heterocycles. The molecule has 0 spiro atoms. The number of rotatable bonds is 2. The third kappa shape index (κ3) is 2.79. The molecule has 0 aliphatic heterocycles. The van der Waals surface area contributed by atoms with Crippen LogP contribution in [0.5, 0.6) is 5.75 Å². The van der Waals surface area contributed by atoms with Gasteiger partial charge in [-0.1, -0.05) is 0 Å². The SMILES string of the molecule is O=C(O)c1c(OC(F)(F)F)ccnc1F. The van der Waals surface area contributed by atoms with Gasteiger partial charge in [0.15, 0.2) is 5.56 Å². The molecule has 15 heavy (non-hydrogen) atoms. The number of carboxylic acid groups (broad SMARTS) is 1. The third-order valence-electron chi connectivity index (χ3n) is 1.31. The molecule has 0 aliphatic carbocycles. The maximum absolute atomic E-state index is 12.7. The number of halogens is 4. The summed E-state index contributed by atoms with van der Waals surface area (Å²) in [6.45, 7) is 0. The van der Waals surface area contributed by atoms with E-state index in [2.05, 4.69) is 9.72 Å². The normalized spacial score (nSPS) is 11.2. The Morgan fingerprint density at radius 3 is 2.53 bits per heavy atom. The zero-order chi connectivity index (χ0) is 11.6. The summed E-state index contributed by atoms with van der Waals surface area (Å²) >= 11 is 0. The highest BCUT2D eigenvalue weighted by Crippen LogP contribution is 2.26. The van der Waals surface area contributed by atoms with E-state index in [4.69, 9.17) is 5.11 Å². The standard InChI is InChI=1S/C7H3F4NO3/c8-5-4(6(13)14)3(1-2-12-5)15-7(9,10)11/h1-2H,(H,13,14). The van der Waals surface area contributed by atoms with Crippen LogP contribution < -0.4 is 4.74 Å². The number of carboxylic acids is 1. The van der Waals surface area contributed by atoms with E-state index in [1.807, 2.05) is 0 Å². The summed E-state index contributed by atoms with van der Waals surface area (Å²) in [5.74, 6) is -4.56. The molecule has 0 amide bonds. The molecule has 0 saturated heterocycles. The minimum atomic E-state index is -5.09. The van der Waals surface area contributed by atoms with Crippen LogP contribution in [0.1, 0.15) is 10.4 Å². The van der Waals surface area contributed by atoms with E-state index < -0.39 is 29.6 Å². The molecular formula is C7H3F4NO3. The number of aromatic nitrogens is 1. The molecule has 1 aromatic rings. The third-order valence-corrected chi connectivity index (χ3v) is 1.31. The lowest BCUT2D eigenvalue weighted by molar-refractivity contribution is -0.274. The molecule has 0 aliphatic rings. The summed E-state index contributed by atoms with van der Waals surface area (Å²) in [6, 6.07) is 0.611. The minimum absolute atomic E-state index is 0.611. The van der Waals surface area contributed by atoms with E-state index in [1.165, 1.54) is 0 Å². The fraction of sp³-hybridized carbons (Fsp3) is 0.143. The largest absolute Gasteiger partial charge is 0.573 e. The van der Waals surface area contributed by atoms with Gasteiger partial charge in [0.05, 0.1) is 0 Å². The predicted octanol–water partition coefficient (Wildman–Crippen LogP) is 1.82. The first-order chi connectivity index (χ1) is 6.81. The van der Waals surface area contributed by atoms with Crippen LogP contribution in [0.25, 0.3) is 0 Å². The van der Waals surface area contributed by atoms with Crippen molar-refractivity contribution in [3.05, 3.63) is 23.8 Å². The zero-order valence-electron chi connectivity index (χ0n) is 6.88. The summed E-state index contributed by atoms with van der Waals surface area (Å²) in [5.41, 5.74) is -1.25. The lowest BCUT2D eigenvalue weighted by Crippen LogP contribution is -2.20. The fourth-order valence-corrected chi connectivity index (χ4v) is 0.823. The van der Waals surface area contributed by atoms with E-state index in [0.717, 1.165) is 0 Å². The maximum Gasteiger partial charge on any atom is 0.573 e. The van der Waals surface area contributed by atoms with Gasteiger partial charge in [0.25, 0.3) is 0 Å². The van der Waals surface area contributed by atoms with E-state index in [-0.39, 0.29) is 0 Å². The van der Waals surface area contributed by atoms with Gasteiger partial charge in [0, 0.05) is 6.20 Å². The van der Waals surface area contributed by atoms with E-state index >= 15 is 0 Å². The van der Waals surface area contributed by atoms with Crippen molar-refractivity contribution in [1.29, 1.82) is 0 Å². The van der Waals surface area contributed by atoms with Crippen molar-refractivity contribution in [2.75, 3.05) is 0 Å². The molecule has 0 unspecified atom stereocenters. The van der Waals surface area contributed by atoms with Gasteiger partial charge in [-0.15, -0.1) is 13.2 Å². The fourth-order valence-electron chi connectivity index (χ4n) is 0.823. The van der Waals surface area contributed by atoms with Crippen molar-refractivity contribution in [3.63, 3.8) is 0 Å². The van der Waals surface area contributed by atoms with Crippen LogP contribution in [0.3, 0.4) is 0 Å². The van der Waals surface area contributed by atoms with Gasteiger partial charge in [0.1, 0.15) is 5.75 Å². The molecule has 8 heteroatoms. The van der Waals surface area contributed by atoms with E-state index in [1.54, 1.807) is 0 Å². The number of alkyl halides is 3. The zero-order valence-corrected chi connectivity index (χ0v) is 6.88. The summed E-state index contributed by atoms with van der Waals surface area (Å²) in [4.78, 5) is 13.3.